The molecule has 0 saturated heterocycles. The number of hydrogen-bond donors (Lipinski definition) is 0. The van der Waals surface area contributed by atoms with E-state index in [1.165, 1.54) is 11.8 Å². The molecule has 126 valence electrons. The maximum absolute atomic E-state index is 9.82. The number of hydrogen-bond acceptors (Lipinski definition) is 6. The standard InChI is InChI=1S/C21H9N3O2S/c22-6-11-1-2-17-16(3-11)19-12(7-23)4-14-9-25-26-10-15-5-13(8-24)21(27-17)20(19)18(14)15/h1-5H,9-10H2. The van der Waals surface area contributed by atoms with Crippen molar-refractivity contribution in [3.05, 3.63) is 58.1 Å². The third kappa shape index (κ3) is 2.18. The Balaban J connectivity index is 2.03. The molecule has 3 aromatic rings. The molecule has 5 rings (SSSR count). The van der Waals surface area contributed by atoms with E-state index in [0.29, 0.717) is 16.7 Å². The van der Waals surface area contributed by atoms with Gasteiger partial charge in [-0.15, -0.1) is 0 Å². The molecule has 6 heteroatoms. The van der Waals surface area contributed by atoms with Crippen LogP contribution in [0.15, 0.2) is 40.1 Å². The first kappa shape index (κ1) is 15.9. The maximum atomic E-state index is 9.82. The number of rotatable bonds is 0. The minimum atomic E-state index is 0.236. The molecule has 0 aliphatic carbocycles. The van der Waals surface area contributed by atoms with Gasteiger partial charge >= 0.3 is 0 Å². The van der Waals surface area contributed by atoms with Gasteiger partial charge in [-0.1, -0.05) is 11.8 Å². The van der Waals surface area contributed by atoms with Crippen molar-refractivity contribution in [2.75, 3.05) is 0 Å². The molecule has 27 heavy (non-hydrogen) atoms. The highest BCUT2D eigenvalue weighted by molar-refractivity contribution is 7.99. The second-order valence-corrected chi connectivity index (χ2v) is 7.35. The Bertz CT molecular complexity index is 1280. The molecule has 0 N–H and O–H groups in total. The minimum Gasteiger partial charge on any atom is -0.232 e. The van der Waals surface area contributed by atoms with E-state index in [9.17, 15) is 15.8 Å². The molecule has 0 unspecified atom stereocenters. The molecule has 5 nitrogen and oxygen atoms in total. The van der Waals surface area contributed by atoms with Crippen molar-refractivity contribution in [1.82, 2.24) is 0 Å². The summed E-state index contributed by atoms with van der Waals surface area (Å²) in [5, 5.41) is 30.7. The fourth-order valence-corrected chi connectivity index (χ4v) is 4.92. The van der Waals surface area contributed by atoms with Crippen LogP contribution >= 0.6 is 11.8 Å². The van der Waals surface area contributed by atoms with Crippen LogP contribution in [0.25, 0.3) is 21.9 Å². The van der Waals surface area contributed by atoms with Gasteiger partial charge in [-0.2, -0.15) is 15.8 Å². The van der Waals surface area contributed by atoms with E-state index in [1.807, 2.05) is 24.3 Å². The van der Waals surface area contributed by atoms with Crippen molar-refractivity contribution in [3.8, 4) is 29.3 Å². The highest BCUT2D eigenvalue weighted by atomic mass is 32.2. The number of nitrogens with zero attached hydrogens (tertiary/aromatic N) is 3. The van der Waals surface area contributed by atoms with Gasteiger partial charge in [-0.25, -0.2) is 9.78 Å². The molecule has 0 fully saturated rings. The van der Waals surface area contributed by atoms with Crippen molar-refractivity contribution < 1.29 is 9.78 Å². The molecule has 0 spiro atoms. The van der Waals surface area contributed by atoms with Gasteiger partial charge in [0.2, 0.25) is 0 Å². The highest BCUT2D eigenvalue weighted by Crippen LogP contribution is 2.52. The summed E-state index contributed by atoms with van der Waals surface area (Å²) in [5.74, 6) is 0. The Morgan fingerprint density at radius 2 is 1.52 bits per heavy atom. The minimum absolute atomic E-state index is 0.236. The first-order valence-electron chi connectivity index (χ1n) is 8.17. The lowest BCUT2D eigenvalue weighted by molar-refractivity contribution is -0.311. The van der Waals surface area contributed by atoms with Gasteiger partial charge in [0, 0.05) is 20.7 Å². The van der Waals surface area contributed by atoms with E-state index >= 15 is 0 Å². The Morgan fingerprint density at radius 3 is 2.19 bits per heavy atom. The van der Waals surface area contributed by atoms with Crippen LogP contribution in [0, 0.1) is 34.0 Å². The van der Waals surface area contributed by atoms with Crippen molar-refractivity contribution in [2.24, 2.45) is 0 Å². The first-order chi connectivity index (χ1) is 13.2. The molecule has 2 aliphatic rings. The molecule has 0 radical (unpaired) electrons. The van der Waals surface area contributed by atoms with Gasteiger partial charge in [0.05, 0.1) is 28.8 Å². The fourth-order valence-electron chi connectivity index (χ4n) is 3.77. The van der Waals surface area contributed by atoms with Crippen molar-refractivity contribution in [1.29, 1.82) is 15.8 Å². The average Bonchev–Trinajstić information content (AvgIpc) is 2.92. The largest absolute Gasteiger partial charge is 0.232 e. The van der Waals surface area contributed by atoms with E-state index in [2.05, 4.69) is 18.2 Å². The summed E-state index contributed by atoms with van der Waals surface area (Å²) in [5.41, 5.74) is 4.94. The maximum Gasteiger partial charge on any atom is 0.108 e. The monoisotopic (exact) mass is 367 g/mol. The van der Waals surface area contributed by atoms with E-state index in [-0.39, 0.29) is 13.2 Å². The van der Waals surface area contributed by atoms with Gasteiger partial charge in [0.15, 0.2) is 0 Å². The topological polar surface area (TPSA) is 89.8 Å². The first-order valence-corrected chi connectivity index (χ1v) is 8.99. The Labute approximate surface area is 158 Å². The molecular weight excluding hydrogens is 358 g/mol. The molecule has 0 aromatic heterocycles. The lowest BCUT2D eigenvalue weighted by atomic mass is 9.87. The smallest absolute Gasteiger partial charge is 0.108 e. The number of fused-ring (bicyclic) bond motifs is 2. The number of benzene rings is 3. The van der Waals surface area contributed by atoms with Crippen molar-refractivity contribution >= 4 is 22.5 Å². The molecule has 0 amide bonds. The van der Waals surface area contributed by atoms with E-state index in [0.717, 1.165) is 42.8 Å². The van der Waals surface area contributed by atoms with Crippen molar-refractivity contribution in [2.45, 2.75) is 23.0 Å². The zero-order chi connectivity index (χ0) is 18.5. The molecule has 0 atom stereocenters. The fraction of sp³-hybridized carbons (Fsp3) is 0.0952. The van der Waals surface area contributed by atoms with Gasteiger partial charge in [-0.05, 0) is 52.4 Å². The Hall–Kier alpha value is -3.34. The molecule has 0 bridgehead atoms. The van der Waals surface area contributed by atoms with Crippen LogP contribution in [-0.2, 0) is 23.0 Å². The van der Waals surface area contributed by atoms with Crippen LogP contribution in [0.4, 0.5) is 0 Å². The van der Waals surface area contributed by atoms with Gasteiger partial charge < -0.3 is 0 Å². The van der Waals surface area contributed by atoms with Gasteiger partial charge in [-0.3, -0.25) is 0 Å². The molecule has 2 heterocycles. The Kier molecular flexibility index (Phi) is 3.44. The predicted molar refractivity (Wildman–Crippen MR) is 97.2 cm³/mol. The predicted octanol–water partition coefficient (Wildman–Crippen LogP) is 4.55. The Morgan fingerprint density at radius 1 is 0.815 bits per heavy atom. The van der Waals surface area contributed by atoms with Crippen LogP contribution < -0.4 is 0 Å². The van der Waals surface area contributed by atoms with Crippen LogP contribution in [-0.4, -0.2) is 0 Å². The average molecular weight is 367 g/mol. The summed E-state index contributed by atoms with van der Waals surface area (Å²) >= 11 is 1.50. The molecule has 3 aromatic carbocycles. The normalized spacial score (nSPS) is 13.8. The molecule has 2 aliphatic heterocycles. The third-order valence-electron chi connectivity index (χ3n) is 4.86. The van der Waals surface area contributed by atoms with Gasteiger partial charge in [0.25, 0.3) is 0 Å². The lowest BCUT2D eigenvalue weighted by Gasteiger charge is -2.24. The quantitative estimate of drug-likeness (QED) is 0.424. The van der Waals surface area contributed by atoms with Crippen molar-refractivity contribution in [3.63, 3.8) is 0 Å². The summed E-state index contributed by atoms with van der Waals surface area (Å²) in [7, 11) is 0. The summed E-state index contributed by atoms with van der Waals surface area (Å²) < 4.78 is 0. The summed E-state index contributed by atoms with van der Waals surface area (Å²) in [6.45, 7) is 0.471. The summed E-state index contributed by atoms with van der Waals surface area (Å²) in [4.78, 5) is 12.2. The molecular formula is C21H9N3O2S. The zero-order valence-corrected chi connectivity index (χ0v) is 14.7. The molecule has 0 saturated carbocycles. The number of nitriles is 3. The van der Waals surface area contributed by atoms with E-state index in [1.54, 1.807) is 6.07 Å². The van der Waals surface area contributed by atoms with E-state index in [4.69, 9.17) is 9.78 Å². The van der Waals surface area contributed by atoms with Crippen LogP contribution in [0.5, 0.6) is 0 Å². The summed E-state index contributed by atoms with van der Waals surface area (Å²) in [6, 6.07) is 15.8. The summed E-state index contributed by atoms with van der Waals surface area (Å²) in [6.07, 6.45) is 0. The SMILES string of the molecule is N#Cc1ccc2c(c1)-c1c(C#N)cc3c4c(cc(C#N)c(c14)S2)COOC3. The van der Waals surface area contributed by atoms with Crippen LogP contribution in [0.1, 0.15) is 27.8 Å². The lowest BCUT2D eigenvalue weighted by Crippen LogP contribution is -2.03. The van der Waals surface area contributed by atoms with Crippen LogP contribution in [0.2, 0.25) is 0 Å². The second-order valence-electron chi connectivity index (χ2n) is 6.29. The second kappa shape index (κ2) is 5.84. The highest BCUT2D eigenvalue weighted by Gasteiger charge is 2.29. The third-order valence-corrected chi connectivity index (χ3v) is 6.07. The zero-order valence-electron chi connectivity index (χ0n) is 13.9. The van der Waals surface area contributed by atoms with Crippen LogP contribution in [0.3, 0.4) is 0 Å². The van der Waals surface area contributed by atoms with Gasteiger partial charge in [0.1, 0.15) is 19.3 Å². The van der Waals surface area contributed by atoms with E-state index < -0.39 is 0 Å².